The maximum absolute atomic E-state index is 12.7. The Kier molecular flexibility index (Phi) is 6.32. The minimum atomic E-state index is -0.510. The van der Waals surface area contributed by atoms with Gasteiger partial charge in [-0.15, -0.1) is 0 Å². The van der Waals surface area contributed by atoms with Crippen LogP contribution in [0.2, 0.25) is 0 Å². The van der Waals surface area contributed by atoms with Gasteiger partial charge >= 0.3 is 5.97 Å². The van der Waals surface area contributed by atoms with E-state index in [1.807, 2.05) is 18.2 Å². The maximum Gasteiger partial charge on any atom is 0.339 e. The highest BCUT2D eigenvalue weighted by molar-refractivity contribution is 6.06. The van der Waals surface area contributed by atoms with Crippen LogP contribution in [-0.2, 0) is 4.74 Å². The molecule has 2 aromatic carbocycles. The molecule has 0 bridgehead atoms. The summed E-state index contributed by atoms with van der Waals surface area (Å²) in [7, 11) is 1.29. The second kappa shape index (κ2) is 9.09. The highest BCUT2D eigenvalue weighted by Crippen LogP contribution is 2.22. The van der Waals surface area contributed by atoms with Gasteiger partial charge in [0, 0.05) is 11.4 Å². The van der Waals surface area contributed by atoms with Crippen LogP contribution in [-0.4, -0.2) is 36.4 Å². The minimum Gasteiger partial charge on any atom is -0.485 e. The van der Waals surface area contributed by atoms with E-state index in [0.29, 0.717) is 28.1 Å². The third-order valence-electron chi connectivity index (χ3n) is 4.63. The number of carbonyl (C=O) groups excluding carboxylic acids is 3. The number of methoxy groups -OCH3 is 1. The zero-order chi connectivity index (χ0) is 21.7. The Hall–Kier alpha value is -3.87. The van der Waals surface area contributed by atoms with Crippen molar-refractivity contribution in [1.82, 2.24) is 4.98 Å². The van der Waals surface area contributed by atoms with Crippen LogP contribution >= 0.6 is 0 Å². The lowest BCUT2D eigenvalue weighted by atomic mass is 10.1. The first-order valence-electron chi connectivity index (χ1n) is 9.31. The van der Waals surface area contributed by atoms with E-state index in [2.05, 4.69) is 10.3 Å². The molecule has 1 amide bonds. The first-order chi connectivity index (χ1) is 14.4. The number of ether oxygens (including phenoxy) is 2. The molecule has 0 aliphatic heterocycles. The van der Waals surface area contributed by atoms with Crippen molar-refractivity contribution in [1.29, 1.82) is 0 Å². The number of rotatable bonds is 7. The number of H-pyrrole nitrogens is 1. The molecular weight excluding hydrogens is 384 g/mol. The molecule has 3 aromatic rings. The van der Waals surface area contributed by atoms with Crippen molar-refractivity contribution >= 4 is 23.3 Å². The predicted octanol–water partition coefficient (Wildman–Crippen LogP) is 3.93. The van der Waals surface area contributed by atoms with Crippen molar-refractivity contribution in [2.75, 3.05) is 19.0 Å². The second-order valence-electron chi connectivity index (χ2n) is 6.64. The third-order valence-corrected chi connectivity index (χ3v) is 4.63. The van der Waals surface area contributed by atoms with E-state index in [4.69, 9.17) is 9.47 Å². The summed E-state index contributed by atoms with van der Waals surface area (Å²) >= 11 is 0. The van der Waals surface area contributed by atoms with E-state index in [9.17, 15) is 14.4 Å². The number of Topliss-reactive ketones (excluding diaryl/α,β-unsaturated/α-hetero) is 1. The van der Waals surface area contributed by atoms with Crippen molar-refractivity contribution in [2.45, 2.75) is 13.8 Å². The first kappa shape index (κ1) is 20.9. The first-order valence-corrected chi connectivity index (χ1v) is 9.31. The number of aromatic nitrogens is 1. The van der Waals surface area contributed by atoms with Crippen molar-refractivity contribution in [2.24, 2.45) is 0 Å². The van der Waals surface area contributed by atoms with Crippen LogP contribution < -0.4 is 10.1 Å². The van der Waals surface area contributed by atoms with Gasteiger partial charge in [-0.05, 0) is 43.7 Å². The Morgan fingerprint density at radius 3 is 2.33 bits per heavy atom. The molecule has 7 nitrogen and oxygen atoms in total. The molecule has 30 heavy (non-hydrogen) atoms. The number of esters is 1. The molecule has 0 fully saturated rings. The van der Waals surface area contributed by atoms with Gasteiger partial charge in [0.15, 0.2) is 6.61 Å². The smallest absolute Gasteiger partial charge is 0.339 e. The number of aryl methyl sites for hydroxylation is 1. The molecule has 0 aliphatic carbocycles. The molecule has 0 radical (unpaired) electrons. The Balaban J connectivity index is 1.75. The number of anilines is 1. The summed E-state index contributed by atoms with van der Waals surface area (Å²) in [6.45, 7) is 3.07. The van der Waals surface area contributed by atoms with E-state index in [0.717, 1.165) is 0 Å². The number of benzene rings is 2. The Bertz CT molecular complexity index is 1090. The zero-order valence-corrected chi connectivity index (χ0v) is 16.9. The number of para-hydroxylation sites is 2. The number of aromatic amines is 1. The van der Waals surface area contributed by atoms with E-state index < -0.39 is 5.97 Å². The Morgan fingerprint density at radius 2 is 1.63 bits per heavy atom. The van der Waals surface area contributed by atoms with E-state index in [1.54, 1.807) is 50.2 Å². The Morgan fingerprint density at radius 1 is 0.967 bits per heavy atom. The third kappa shape index (κ3) is 4.41. The number of hydrogen-bond donors (Lipinski definition) is 2. The summed E-state index contributed by atoms with van der Waals surface area (Å²) in [4.78, 5) is 40.1. The van der Waals surface area contributed by atoms with Gasteiger partial charge in [-0.3, -0.25) is 9.59 Å². The molecule has 0 spiro atoms. The number of hydrogen-bond acceptors (Lipinski definition) is 5. The fourth-order valence-electron chi connectivity index (χ4n) is 3.15. The topological polar surface area (TPSA) is 97.5 Å². The van der Waals surface area contributed by atoms with Crippen LogP contribution in [0.1, 0.15) is 42.5 Å². The van der Waals surface area contributed by atoms with Crippen molar-refractivity contribution < 1.29 is 23.9 Å². The lowest BCUT2D eigenvalue weighted by Crippen LogP contribution is -2.17. The molecule has 0 unspecified atom stereocenters. The molecule has 1 heterocycles. The summed E-state index contributed by atoms with van der Waals surface area (Å²) in [5.41, 5.74) is 2.63. The summed E-state index contributed by atoms with van der Waals surface area (Å²) in [6.07, 6.45) is 0. The van der Waals surface area contributed by atoms with Crippen LogP contribution in [0.3, 0.4) is 0 Å². The second-order valence-corrected chi connectivity index (χ2v) is 6.64. The largest absolute Gasteiger partial charge is 0.485 e. The molecule has 7 heteroatoms. The molecule has 0 atom stereocenters. The van der Waals surface area contributed by atoms with Crippen molar-refractivity contribution in [3.05, 3.63) is 82.7 Å². The zero-order valence-electron chi connectivity index (χ0n) is 16.9. The van der Waals surface area contributed by atoms with Gasteiger partial charge in [0.1, 0.15) is 5.75 Å². The number of ketones is 1. The van der Waals surface area contributed by atoms with E-state index in [1.165, 1.54) is 7.11 Å². The van der Waals surface area contributed by atoms with Gasteiger partial charge in [0.2, 0.25) is 5.78 Å². The summed E-state index contributed by atoms with van der Waals surface area (Å²) < 4.78 is 10.4. The fourth-order valence-corrected chi connectivity index (χ4v) is 3.15. The van der Waals surface area contributed by atoms with Crippen LogP contribution in [0, 0.1) is 13.8 Å². The van der Waals surface area contributed by atoms with Gasteiger partial charge in [0.05, 0.1) is 23.9 Å². The quantitative estimate of drug-likeness (QED) is 0.458. The minimum absolute atomic E-state index is 0.277. The Labute approximate surface area is 174 Å². The van der Waals surface area contributed by atoms with E-state index in [-0.39, 0.29) is 29.7 Å². The van der Waals surface area contributed by atoms with Gasteiger partial charge < -0.3 is 19.8 Å². The monoisotopic (exact) mass is 406 g/mol. The molecule has 0 saturated carbocycles. The number of amides is 1. The maximum atomic E-state index is 12.7. The molecule has 0 saturated heterocycles. The molecular formula is C23H22N2O5. The summed E-state index contributed by atoms with van der Waals surface area (Å²) in [6, 6.07) is 15.7. The van der Waals surface area contributed by atoms with Crippen LogP contribution in [0.15, 0.2) is 54.6 Å². The highest BCUT2D eigenvalue weighted by Gasteiger charge is 2.23. The van der Waals surface area contributed by atoms with Crippen LogP contribution in [0.4, 0.5) is 5.69 Å². The molecule has 2 N–H and O–H groups in total. The van der Waals surface area contributed by atoms with E-state index >= 15 is 0 Å². The predicted molar refractivity (Wildman–Crippen MR) is 112 cm³/mol. The average Bonchev–Trinajstić information content (AvgIpc) is 3.06. The van der Waals surface area contributed by atoms with Gasteiger partial charge in [-0.2, -0.15) is 0 Å². The average molecular weight is 406 g/mol. The van der Waals surface area contributed by atoms with Gasteiger partial charge in [-0.25, -0.2) is 4.79 Å². The van der Waals surface area contributed by atoms with Gasteiger partial charge in [-0.1, -0.05) is 30.3 Å². The normalized spacial score (nSPS) is 10.4. The van der Waals surface area contributed by atoms with Crippen LogP contribution in [0.25, 0.3) is 0 Å². The standard InChI is InChI=1S/C23H22N2O5/c1-14-20(23(28)29-3)15(2)24-21(14)18(26)13-30-19-12-8-7-11-17(19)22(27)25-16-9-5-4-6-10-16/h4-12,24H,13H2,1-3H3,(H,25,27). The molecule has 3 rings (SSSR count). The molecule has 154 valence electrons. The number of carbonyl (C=O) groups is 3. The SMILES string of the molecule is COC(=O)c1c(C)[nH]c(C(=O)COc2ccccc2C(=O)Nc2ccccc2)c1C. The lowest BCUT2D eigenvalue weighted by Gasteiger charge is -2.11. The lowest BCUT2D eigenvalue weighted by molar-refractivity contribution is 0.0599. The fraction of sp³-hybridized carbons (Fsp3) is 0.174. The van der Waals surface area contributed by atoms with Crippen molar-refractivity contribution in [3.63, 3.8) is 0 Å². The van der Waals surface area contributed by atoms with Gasteiger partial charge in [0.25, 0.3) is 5.91 Å². The van der Waals surface area contributed by atoms with Crippen LogP contribution in [0.5, 0.6) is 5.75 Å². The summed E-state index contributed by atoms with van der Waals surface area (Å²) in [5.74, 6) is -0.911. The molecule has 0 aliphatic rings. The molecule has 1 aromatic heterocycles. The number of nitrogens with one attached hydrogen (secondary N) is 2. The summed E-state index contributed by atoms with van der Waals surface area (Å²) in [5, 5.41) is 2.80. The highest BCUT2D eigenvalue weighted by atomic mass is 16.5. The van der Waals surface area contributed by atoms with Crippen molar-refractivity contribution in [3.8, 4) is 5.75 Å².